The van der Waals surface area contributed by atoms with Gasteiger partial charge in [-0.3, -0.25) is 4.90 Å². The van der Waals surface area contributed by atoms with Gasteiger partial charge in [-0.25, -0.2) is 0 Å². The van der Waals surface area contributed by atoms with E-state index in [1.54, 1.807) is 0 Å². The van der Waals surface area contributed by atoms with Gasteiger partial charge in [0.05, 0.1) is 5.54 Å². The molecule has 1 aliphatic heterocycles. The lowest BCUT2D eigenvalue weighted by Gasteiger charge is -2.37. The van der Waals surface area contributed by atoms with Crippen LogP contribution in [-0.4, -0.2) is 42.9 Å². The first-order valence-electron chi connectivity index (χ1n) is 4.09. The Balaban J connectivity index is 2.50. The highest BCUT2D eigenvalue weighted by atomic mass is 16.1. The summed E-state index contributed by atoms with van der Waals surface area (Å²) in [6, 6.07) is 0. The molecule has 0 unspecified atom stereocenters. The Hall–Kier alpha value is -0.410. The van der Waals surface area contributed by atoms with Crippen molar-refractivity contribution in [3.8, 4) is 0 Å². The van der Waals surface area contributed by atoms with Gasteiger partial charge in [-0.05, 0) is 13.8 Å². The Kier molecular flexibility index (Phi) is 2.62. The predicted molar refractivity (Wildman–Crippen MR) is 44.6 cm³/mol. The largest absolute Gasteiger partial charge is 0.314 e. The van der Waals surface area contributed by atoms with Gasteiger partial charge in [0.2, 0.25) is 0 Å². The lowest BCUT2D eigenvalue weighted by molar-refractivity contribution is -0.117. The molecular formula is C8H16N2O. The van der Waals surface area contributed by atoms with Crippen LogP contribution in [0.1, 0.15) is 13.8 Å². The van der Waals surface area contributed by atoms with Crippen molar-refractivity contribution >= 4 is 6.29 Å². The maximum atomic E-state index is 10.7. The molecule has 0 saturated carbocycles. The van der Waals surface area contributed by atoms with Crippen molar-refractivity contribution < 1.29 is 4.79 Å². The monoisotopic (exact) mass is 156 g/mol. The second-order valence-electron chi connectivity index (χ2n) is 3.51. The van der Waals surface area contributed by atoms with E-state index in [-0.39, 0.29) is 5.54 Å². The van der Waals surface area contributed by atoms with Gasteiger partial charge >= 0.3 is 0 Å². The molecule has 1 rings (SSSR count). The van der Waals surface area contributed by atoms with Crippen molar-refractivity contribution in [2.75, 3.05) is 26.2 Å². The van der Waals surface area contributed by atoms with E-state index in [2.05, 4.69) is 10.2 Å². The van der Waals surface area contributed by atoms with Crippen molar-refractivity contribution in [2.45, 2.75) is 19.4 Å². The SMILES string of the molecule is CC(C)(C=O)N1CCNCC1. The van der Waals surface area contributed by atoms with Crippen LogP contribution in [0.5, 0.6) is 0 Å². The summed E-state index contributed by atoms with van der Waals surface area (Å²) in [6.45, 7) is 7.88. The minimum Gasteiger partial charge on any atom is -0.314 e. The Morgan fingerprint density at radius 3 is 2.36 bits per heavy atom. The summed E-state index contributed by atoms with van der Waals surface area (Å²) in [6.07, 6.45) is 1.03. The van der Waals surface area contributed by atoms with Crippen LogP contribution in [0.3, 0.4) is 0 Å². The molecule has 3 nitrogen and oxygen atoms in total. The van der Waals surface area contributed by atoms with E-state index in [4.69, 9.17) is 0 Å². The van der Waals surface area contributed by atoms with Gasteiger partial charge < -0.3 is 10.1 Å². The molecule has 0 aromatic rings. The highest BCUT2D eigenvalue weighted by Gasteiger charge is 2.26. The van der Waals surface area contributed by atoms with Crippen molar-refractivity contribution in [3.63, 3.8) is 0 Å². The fourth-order valence-electron chi connectivity index (χ4n) is 1.32. The molecule has 0 aromatic heterocycles. The first-order chi connectivity index (χ1) is 5.17. The highest BCUT2D eigenvalue weighted by molar-refractivity contribution is 5.62. The molecule has 3 heteroatoms. The topological polar surface area (TPSA) is 32.3 Å². The molecule has 0 bridgehead atoms. The Morgan fingerprint density at radius 1 is 1.36 bits per heavy atom. The van der Waals surface area contributed by atoms with E-state index >= 15 is 0 Å². The standard InChI is InChI=1S/C8H16N2O/c1-8(2,7-11)10-5-3-9-4-6-10/h7,9H,3-6H2,1-2H3. The molecule has 1 fully saturated rings. The molecule has 64 valence electrons. The average molecular weight is 156 g/mol. The molecule has 0 atom stereocenters. The average Bonchev–Trinajstić information content (AvgIpc) is 2.06. The van der Waals surface area contributed by atoms with Crippen molar-refractivity contribution in [1.29, 1.82) is 0 Å². The van der Waals surface area contributed by atoms with Crippen LogP contribution < -0.4 is 5.32 Å². The number of aldehydes is 1. The van der Waals surface area contributed by atoms with Crippen LogP contribution in [0.25, 0.3) is 0 Å². The van der Waals surface area contributed by atoms with E-state index in [9.17, 15) is 4.79 Å². The number of carbonyl (C=O) groups excluding carboxylic acids is 1. The molecule has 0 aromatic carbocycles. The third-order valence-electron chi connectivity index (χ3n) is 2.22. The number of hydrogen-bond donors (Lipinski definition) is 1. The van der Waals surface area contributed by atoms with Crippen LogP contribution in [0.15, 0.2) is 0 Å². The molecule has 1 heterocycles. The Morgan fingerprint density at radius 2 is 1.91 bits per heavy atom. The first kappa shape index (κ1) is 8.68. The normalized spacial score (nSPS) is 21.6. The molecule has 11 heavy (non-hydrogen) atoms. The summed E-state index contributed by atoms with van der Waals surface area (Å²) < 4.78 is 0. The first-order valence-corrected chi connectivity index (χ1v) is 4.09. The molecule has 0 spiro atoms. The van der Waals surface area contributed by atoms with E-state index in [1.807, 2.05) is 13.8 Å². The second kappa shape index (κ2) is 3.32. The number of hydrogen-bond acceptors (Lipinski definition) is 3. The number of nitrogens with one attached hydrogen (secondary N) is 1. The summed E-state index contributed by atoms with van der Waals surface area (Å²) >= 11 is 0. The van der Waals surface area contributed by atoms with Gasteiger partial charge in [0.15, 0.2) is 0 Å². The summed E-state index contributed by atoms with van der Waals surface area (Å²) in [5.74, 6) is 0. The van der Waals surface area contributed by atoms with Gasteiger partial charge in [0.1, 0.15) is 6.29 Å². The van der Waals surface area contributed by atoms with E-state index < -0.39 is 0 Å². The lowest BCUT2D eigenvalue weighted by atomic mass is 10.0. The minimum atomic E-state index is -0.276. The second-order valence-corrected chi connectivity index (χ2v) is 3.51. The maximum Gasteiger partial charge on any atom is 0.139 e. The van der Waals surface area contributed by atoms with Crippen molar-refractivity contribution in [3.05, 3.63) is 0 Å². The third kappa shape index (κ3) is 2.01. The lowest BCUT2D eigenvalue weighted by Crippen LogP contribution is -2.54. The molecule has 0 aliphatic carbocycles. The van der Waals surface area contributed by atoms with Gasteiger partial charge in [-0.15, -0.1) is 0 Å². The predicted octanol–water partition coefficient (Wildman–Crippen LogP) is -0.131. The molecule has 0 radical (unpaired) electrons. The third-order valence-corrected chi connectivity index (χ3v) is 2.22. The molecule has 1 aliphatic rings. The number of rotatable bonds is 2. The van der Waals surface area contributed by atoms with Crippen LogP contribution in [-0.2, 0) is 4.79 Å². The van der Waals surface area contributed by atoms with Gasteiger partial charge in [0.25, 0.3) is 0 Å². The van der Waals surface area contributed by atoms with E-state index in [0.717, 1.165) is 32.5 Å². The zero-order chi connectivity index (χ0) is 8.32. The Labute approximate surface area is 67.8 Å². The van der Waals surface area contributed by atoms with Crippen LogP contribution >= 0.6 is 0 Å². The van der Waals surface area contributed by atoms with Gasteiger partial charge in [-0.2, -0.15) is 0 Å². The fourth-order valence-corrected chi connectivity index (χ4v) is 1.32. The van der Waals surface area contributed by atoms with Gasteiger partial charge in [-0.1, -0.05) is 0 Å². The fraction of sp³-hybridized carbons (Fsp3) is 0.875. The van der Waals surface area contributed by atoms with Crippen LogP contribution in [0, 0.1) is 0 Å². The summed E-state index contributed by atoms with van der Waals surface area (Å²) in [5, 5.41) is 3.25. The quantitative estimate of drug-likeness (QED) is 0.565. The highest BCUT2D eigenvalue weighted by Crippen LogP contribution is 2.10. The molecule has 1 saturated heterocycles. The number of piperazine rings is 1. The van der Waals surface area contributed by atoms with Crippen molar-refractivity contribution in [1.82, 2.24) is 10.2 Å². The number of carbonyl (C=O) groups is 1. The minimum absolute atomic E-state index is 0.276. The number of nitrogens with zero attached hydrogens (tertiary/aromatic N) is 1. The van der Waals surface area contributed by atoms with E-state index in [0.29, 0.717) is 0 Å². The van der Waals surface area contributed by atoms with Crippen LogP contribution in [0.2, 0.25) is 0 Å². The smallest absolute Gasteiger partial charge is 0.139 e. The van der Waals surface area contributed by atoms with Gasteiger partial charge in [0, 0.05) is 26.2 Å². The Bertz CT molecular complexity index is 139. The zero-order valence-corrected chi connectivity index (χ0v) is 7.26. The molecule has 1 N–H and O–H groups in total. The summed E-state index contributed by atoms with van der Waals surface area (Å²) in [4.78, 5) is 12.9. The summed E-state index contributed by atoms with van der Waals surface area (Å²) in [5.41, 5.74) is -0.276. The van der Waals surface area contributed by atoms with Crippen molar-refractivity contribution in [2.24, 2.45) is 0 Å². The molecule has 0 amide bonds. The maximum absolute atomic E-state index is 10.7. The van der Waals surface area contributed by atoms with Crippen LogP contribution in [0.4, 0.5) is 0 Å². The molecular weight excluding hydrogens is 140 g/mol. The van der Waals surface area contributed by atoms with E-state index in [1.165, 1.54) is 0 Å². The zero-order valence-electron chi connectivity index (χ0n) is 7.26. The summed E-state index contributed by atoms with van der Waals surface area (Å²) in [7, 11) is 0.